The monoisotopic (exact) mass is 398 g/mol. The van der Waals surface area contributed by atoms with Crippen LogP contribution in [0.2, 0.25) is 0 Å². The number of carbonyl (C=O) groups is 4. The molecule has 2 rings (SSSR count). The second-order valence-corrected chi connectivity index (χ2v) is 6.63. The molecule has 0 radical (unpaired) electrons. The summed E-state index contributed by atoms with van der Waals surface area (Å²) in [5, 5.41) is -0.502. The molecule has 0 N–H and O–H groups in total. The van der Waals surface area contributed by atoms with Crippen molar-refractivity contribution >= 4 is 35.5 Å². The largest absolute Gasteiger partial charge is 0.458 e. The highest BCUT2D eigenvalue weighted by molar-refractivity contribution is 7.95. The third-order valence-electron chi connectivity index (χ3n) is 3.53. The number of benzene rings is 2. The van der Waals surface area contributed by atoms with Crippen molar-refractivity contribution in [3.05, 3.63) is 84.4 Å². The van der Waals surface area contributed by atoms with Crippen LogP contribution in [0, 0.1) is 0 Å². The third-order valence-corrected chi connectivity index (χ3v) is 4.38. The smallest absolute Gasteiger partial charge is 0.391 e. The third kappa shape index (κ3) is 6.21. The zero-order valence-corrected chi connectivity index (χ0v) is 15.7. The van der Waals surface area contributed by atoms with Gasteiger partial charge in [-0.05, 0) is 6.42 Å². The van der Waals surface area contributed by atoms with Gasteiger partial charge >= 0.3 is 11.9 Å². The fraction of sp³-hybridized carbons (Fsp3) is 0.143. The van der Waals surface area contributed by atoms with Gasteiger partial charge in [-0.2, -0.15) is 0 Å². The highest BCUT2D eigenvalue weighted by Gasteiger charge is 2.23. The molecule has 0 bridgehead atoms. The summed E-state index contributed by atoms with van der Waals surface area (Å²) in [4.78, 5) is 47.8. The van der Waals surface area contributed by atoms with Crippen molar-refractivity contribution in [1.82, 2.24) is 0 Å². The molecular weight excluding hydrogens is 380 g/mol. The molecule has 144 valence electrons. The standard InChI is InChI=1S/C21H18O6S/c1-2-9-17(14-26-20(24)18(22)15-10-5-3-6-11-15)28-27-21(25)19(23)16-12-7-4-8-13-16/h2-8,10-13,17H,1,9,14H2. The van der Waals surface area contributed by atoms with Crippen LogP contribution in [0.25, 0.3) is 0 Å². The maximum Gasteiger partial charge on any atom is 0.391 e. The van der Waals surface area contributed by atoms with Crippen molar-refractivity contribution in [3.8, 4) is 0 Å². The van der Waals surface area contributed by atoms with Gasteiger partial charge in [0.05, 0.1) is 17.3 Å². The molecule has 0 fully saturated rings. The molecule has 1 atom stereocenters. The van der Waals surface area contributed by atoms with Crippen LogP contribution in [-0.4, -0.2) is 35.4 Å². The predicted molar refractivity (Wildman–Crippen MR) is 105 cm³/mol. The first kappa shape index (κ1) is 21.1. The highest BCUT2D eigenvalue weighted by atomic mass is 32.2. The normalized spacial score (nSPS) is 11.1. The van der Waals surface area contributed by atoms with E-state index in [4.69, 9.17) is 8.92 Å². The Balaban J connectivity index is 1.86. The summed E-state index contributed by atoms with van der Waals surface area (Å²) in [5.41, 5.74) is 0.438. The Morgan fingerprint density at radius 2 is 1.36 bits per heavy atom. The van der Waals surface area contributed by atoms with Crippen molar-refractivity contribution < 1.29 is 28.1 Å². The molecule has 28 heavy (non-hydrogen) atoms. The topological polar surface area (TPSA) is 86.7 Å². The second-order valence-electron chi connectivity index (χ2n) is 5.60. The van der Waals surface area contributed by atoms with Crippen LogP contribution < -0.4 is 0 Å². The fourth-order valence-corrected chi connectivity index (χ4v) is 2.76. The Hall–Kier alpha value is -3.19. The van der Waals surface area contributed by atoms with E-state index in [9.17, 15) is 19.2 Å². The van der Waals surface area contributed by atoms with E-state index in [2.05, 4.69) is 6.58 Å². The molecule has 0 saturated heterocycles. The van der Waals surface area contributed by atoms with Gasteiger partial charge < -0.3 is 8.92 Å². The minimum Gasteiger partial charge on any atom is -0.458 e. The molecule has 0 amide bonds. The highest BCUT2D eigenvalue weighted by Crippen LogP contribution is 2.19. The number of hydrogen-bond acceptors (Lipinski definition) is 7. The van der Waals surface area contributed by atoms with E-state index >= 15 is 0 Å². The number of ketones is 2. The van der Waals surface area contributed by atoms with Gasteiger partial charge in [-0.1, -0.05) is 66.7 Å². The maximum absolute atomic E-state index is 12.0. The van der Waals surface area contributed by atoms with Gasteiger partial charge in [0, 0.05) is 11.1 Å². The van der Waals surface area contributed by atoms with Gasteiger partial charge in [0.2, 0.25) is 0 Å². The lowest BCUT2D eigenvalue weighted by molar-refractivity contribution is -0.138. The zero-order valence-electron chi connectivity index (χ0n) is 14.9. The van der Waals surface area contributed by atoms with Crippen LogP contribution in [0.4, 0.5) is 0 Å². The minimum absolute atomic E-state index is 0.180. The van der Waals surface area contributed by atoms with E-state index in [0.717, 1.165) is 0 Å². The number of hydrogen-bond donors (Lipinski definition) is 0. The summed E-state index contributed by atoms with van der Waals surface area (Å²) in [6, 6.07) is 16.0. The van der Waals surface area contributed by atoms with E-state index in [-0.39, 0.29) is 17.7 Å². The molecule has 0 aliphatic heterocycles. The molecule has 6 nitrogen and oxygen atoms in total. The molecule has 1 unspecified atom stereocenters. The van der Waals surface area contributed by atoms with Crippen LogP contribution >= 0.6 is 12.0 Å². The first-order valence-electron chi connectivity index (χ1n) is 8.37. The zero-order chi connectivity index (χ0) is 20.4. The van der Waals surface area contributed by atoms with E-state index in [1.54, 1.807) is 42.5 Å². The Kier molecular flexibility index (Phi) is 8.17. The van der Waals surface area contributed by atoms with Crippen molar-refractivity contribution in [2.24, 2.45) is 0 Å². The Bertz CT molecular complexity index is 780. The van der Waals surface area contributed by atoms with Crippen molar-refractivity contribution in [2.75, 3.05) is 6.61 Å². The van der Waals surface area contributed by atoms with E-state index in [1.807, 2.05) is 0 Å². The average Bonchev–Trinajstić information content (AvgIpc) is 2.75. The summed E-state index contributed by atoms with van der Waals surface area (Å²) in [7, 11) is 0. The summed E-state index contributed by atoms with van der Waals surface area (Å²) >= 11 is 0.697. The second kappa shape index (κ2) is 10.8. The van der Waals surface area contributed by atoms with Crippen LogP contribution in [0.1, 0.15) is 27.1 Å². The van der Waals surface area contributed by atoms with Crippen LogP contribution in [0.5, 0.6) is 0 Å². The lowest BCUT2D eigenvalue weighted by Crippen LogP contribution is -2.23. The number of esters is 1. The summed E-state index contributed by atoms with van der Waals surface area (Å²) in [6.45, 7) is 3.41. The molecule has 0 aromatic heterocycles. The number of allylic oxidation sites excluding steroid dienone is 1. The van der Waals surface area contributed by atoms with E-state index < -0.39 is 28.8 Å². The lowest BCUT2D eigenvalue weighted by atomic mass is 10.1. The molecular formula is C21H18O6S. The molecule has 0 aliphatic rings. The molecule has 0 heterocycles. The van der Waals surface area contributed by atoms with Crippen molar-refractivity contribution in [3.63, 3.8) is 0 Å². The SMILES string of the molecule is C=CCC(COC(=O)C(=O)c1ccccc1)SOC(=O)C(=O)c1ccccc1. The molecule has 2 aromatic carbocycles. The van der Waals surface area contributed by atoms with Gasteiger partial charge in [-0.3, -0.25) is 9.59 Å². The summed E-state index contributed by atoms with van der Waals surface area (Å²) < 4.78 is 9.97. The van der Waals surface area contributed by atoms with Crippen molar-refractivity contribution in [1.29, 1.82) is 0 Å². The molecule has 0 spiro atoms. The first-order chi connectivity index (χ1) is 13.5. The number of rotatable bonds is 10. The van der Waals surface area contributed by atoms with Gasteiger partial charge in [-0.15, -0.1) is 6.58 Å². The Morgan fingerprint density at radius 3 is 1.86 bits per heavy atom. The van der Waals surface area contributed by atoms with Gasteiger partial charge in [0.15, 0.2) is 0 Å². The number of carbonyl (C=O) groups excluding carboxylic acids is 4. The first-order valence-corrected chi connectivity index (χ1v) is 9.17. The van der Waals surface area contributed by atoms with Gasteiger partial charge in [0.1, 0.15) is 6.61 Å². The average molecular weight is 398 g/mol. The number of ether oxygens (including phenoxy) is 1. The van der Waals surface area contributed by atoms with E-state index in [0.29, 0.717) is 18.5 Å². The lowest BCUT2D eigenvalue weighted by Gasteiger charge is -2.13. The molecule has 7 heteroatoms. The van der Waals surface area contributed by atoms with E-state index in [1.165, 1.54) is 24.3 Å². The van der Waals surface area contributed by atoms with Gasteiger partial charge in [-0.25, -0.2) is 9.59 Å². The predicted octanol–water partition coefficient (Wildman–Crippen LogP) is 3.43. The summed E-state index contributed by atoms with van der Waals surface area (Å²) in [5.74, 6) is -3.58. The quantitative estimate of drug-likeness (QED) is 0.199. The van der Waals surface area contributed by atoms with Gasteiger partial charge in [0.25, 0.3) is 11.6 Å². The maximum atomic E-state index is 12.0. The van der Waals surface area contributed by atoms with Crippen LogP contribution in [-0.2, 0) is 18.5 Å². The Morgan fingerprint density at radius 1 is 0.857 bits per heavy atom. The van der Waals surface area contributed by atoms with Crippen molar-refractivity contribution in [2.45, 2.75) is 11.7 Å². The minimum atomic E-state index is -1.03. The fourth-order valence-electron chi connectivity index (χ4n) is 2.12. The number of Topliss-reactive ketones (excluding diaryl/α,β-unsaturated/α-hetero) is 2. The Labute approximate surface area is 166 Å². The van der Waals surface area contributed by atoms with Crippen LogP contribution in [0.15, 0.2) is 73.3 Å². The molecule has 0 saturated carbocycles. The van der Waals surface area contributed by atoms with Crippen LogP contribution in [0.3, 0.4) is 0 Å². The molecule has 0 aliphatic carbocycles. The molecule has 2 aromatic rings. The summed E-state index contributed by atoms with van der Waals surface area (Å²) in [6.07, 6.45) is 1.89.